The van der Waals surface area contributed by atoms with Gasteiger partial charge in [-0.2, -0.15) is 0 Å². The molecule has 145 valence electrons. The van der Waals surface area contributed by atoms with Crippen LogP contribution in [0.4, 0.5) is 0 Å². The molecular weight excluding hydrogens is 374 g/mol. The first-order valence-electron chi connectivity index (χ1n) is 10.5. The smallest absolute Gasteiger partial charge is 0.0541 e. The average Bonchev–Trinajstić information content (AvgIpc) is 3.18. The number of nitrogens with zero attached hydrogens (tertiary/aromatic N) is 1. The van der Waals surface area contributed by atoms with E-state index >= 15 is 0 Å². The predicted molar refractivity (Wildman–Crippen MR) is 130 cm³/mol. The second kappa shape index (κ2) is 7.30. The van der Waals surface area contributed by atoms with Gasteiger partial charge in [-0.3, -0.25) is 0 Å². The van der Waals surface area contributed by atoms with Crippen molar-refractivity contribution in [2.75, 3.05) is 0 Å². The van der Waals surface area contributed by atoms with Gasteiger partial charge < -0.3 is 4.57 Å². The van der Waals surface area contributed by atoms with E-state index in [1.807, 2.05) is 12.1 Å². The van der Waals surface area contributed by atoms with Crippen LogP contribution in [-0.4, -0.2) is 4.57 Å². The Morgan fingerprint density at radius 1 is 0.452 bits per heavy atom. The number of benzene rings is 5. The van der Waals surface area contributed by atoms with Crippen molar-refractivity contribution in [2.24, 2.45) is 0 Å². The van der Waals surface area contributed by atoms with Crippen LogP contribution in [0.1, 0.15) is 0 Å². The maximum atomic E-state index is 3.14. The summed E-state index contributed by atoms with van der Waals surface area (Å²) in [5.41, 5.74) is 8.52. The molecule has 1 aromatic heterocycles. The Morgan fingerprint density at radius 3 is 1.42 bits per heavy atom. The second-order valence-electron chi connectivity index (χ2n) is 7.79. The fourth-order valence-electron chi connectivity index (χ4n) is 4.45. The van der Waals surface area contributed by atoms with Gasteiger partial charge in [0.15, 0.2) is 0 Å². The zero-order chi connectivity index (χ0) is 20.6. The summed E-state index contributed by atoms with van der Waals surface area (Å²) in [4.78, 5) is 0. The van der Waals surface area contributed by atoms with E-state index in [9.17, 15) is 0 Å². The molecule has 1 radical (unpaired) electrons. The third-order valence-corrected chi connectivity index (χ3v) is 5.94. The van der Waals surface area contributed by atoms with Crippen LogP contribution in [0.2, 0.25) is 0 Å². The van der Waals surface area contributed by atoms with Crippen LogP contribution in [0.15, 0.2) is 121 Å². The minimum atomic E-state index is 1.15. The van der Waals surface area contributed by atoms with Crippen molar-refractivity contribution >= 4 is 21.8 Å². The Hall–Kier alpha value is -4.10. The lowest BCUT2D eigenvalue weighted by molar-refractivity contribution is 1.18. The van der Waals surface area contributed by atoms with Crippen LogP contribution >= 0.6 is 0 Å². The summed E-state index contributed by atoms with van der Waals surface area (Å²) in [6.45, 7) is 0. The highest BCUT2D eigenvalue weighted by atomic mass is 15.0. The van der Waals surface area contributed by atoms with Crippen LogP contribution in [0.5, 0.6) is 0 Å². The molecule has 0 aliphatic rings. The fourth-order valence-corrected chi connectivity index (χ4v) is 4.45. The first-order valence-corrected chi connectivity index (χ1v) is 10.5. The summed E-state index contributed by atoms with van der Waals surface area (Å²) in [5, 5.41) is 2.53. The topological polar surface area (TPSA) is 4.93 Å². The first kappa shape index (κ1) is 17.7. The molecule has 0 spiro atoms. The van der Waals surface area contributed by atoms with Crippen LogP contribution < -0.4 is 0 Å². The molecule has 0 bridgehead atoms. The van der Waals surface area contributed by atoms with Crippen LogP contribution in [0, 0.1) is 6.07 Å². The van der Waals surface area contributed by atoms with Crippen molar-refractivity contribution in [1.82, 2.24) is 4.57 Å². The van der Waals surface area contributed by atoms with Crippen LogP contribution in [0.3, 0.4) is 0 Å². The summed E-state index contributed by atoms with van der Waals surface area (Å²) < 4.78 is 2.35. The zero-order valence-electron chi connectivity index (χ0n) is 17.0. The molecule has 0 saturated heterocycles. The fraction of sp³-hybridized carbons (Fsp3) is 0. The number of aromatic nitrogens is 1. The van der Waals surface area contributed by atoms with Gasteiger partial charge in [-0.15, -0.1) is 0 Å². The molecule has 0 N–H and O–H groups in total. The highest BCUT2D eigenvalue weighted by molar-refractivity contribution is 6.11. The molecule has 1 nitrogen and oxygen atoms in total. The van der Waals surface area contributed by atoms with Gasteiger partial charge in [-0.25, -0.2) is 0 Å². The van der Waals surface area contributed by atoms with E-state index in [1.54, 1.807) is 0 Å². The minimum Gasteiger partial charge on any atom is -0.309 e. The first-order chi connectivity index (χ1) is 15.4. The molecule has 0 fully saturated rings. The van der Waals surface area contributed by atoms with Gasteiger partial charge in [0.1, 0.15) is 0 Å². The summed E-state index contributed by atoms with van der Waals surface area (Å²) >= 11 is 0. The summed E-state index contributed by atoms with van der Waals surface area (Å²) in [5.74, 6) is 0. The lowest BCUT2D eigenvalue weighted by Gasteiger charge is -2.08. The van der Waals surface area contributed by atoms with Crippen LogP contribution in [0.25, 0.3) is 49.7 Å². The predicted octanol–water partition coefficient (Wildman–Crippen LogP) is 7.92. The maximum absolute atomic E-state index is 3.14. The van der Waals surface area contributed by atoms with Crippen molar-refractivity contribution < 1.29 is 0 Å². The maximum Gasteiger partial charge on any atom is 0.0541 e. The number of fused-ring (bicyclic) bond motifs is 3. The molecule has 6 rings (SSSR count). The zero-order valence-corrected chi connectivity index (χ0v) is 17.0. The van der Waals surface area contributed by atoms with Gasteiger partial charge in [0, 0.05) is 16.5 Å². The molecule has 5 aromatic carbocycles. The minimum absolute atomic E-state index is 1.15. The van der Waals surface area contributed by atoms with Crippen molar-refractivity contribution in [2.45, 2.75) is 0 Å². The SMILES string of the molecule is [c]1ccc(-n2c3ccc(-c4ccccc4)cc3c3cc(-c4ccccc4)ccc32)cc1. The second-order valence-corrected chi connectivity index (χ2v) is 7.79. The van der Waals surface area contributed by atoms with Gasteiger partial charge in [0.25, 0.3) is 0 Å². The molecule has 0 unspecified atom stereocenters. The lowest BCUT2D eigenvalue weighted by atomic mass is 10.0. The van der Waals surface area contributed by atoms with E-state index in [0.717, 1.165) is 5.69 Å². The van der Waals surface area contributed by atoms with E-state index in [4.69, 9.17) is 0 Å². The van der Waals surface area contributed by atoms with E-state index in [-0.39, 0.29) is 0 Å². The van der Waals surface area contributed by atoms with Crippen molar-refractivity contribution in [3.63, 3.8) is 0 Å². The Labute approximate surface area is 181 Å². The molecule has 0 aliphatic carbocycles. The third-order valence-electron chi connectivity index (χ3n) is 5.94. The van der Waals surface area contributed by atoms with Gasteiger partial charge in [0.2, 0.25) is 0 Å². The van der Waals surface area contributed by atoms with E-state index in [0.29, 0.717) is 0 Å². The Balaban J connectivity index is 1.67. The van der Waals surface area contributed by atoms with E-state index in [1.165, 1.54) is 44.1 Å². The number of hydrogen-bond acceptors (Lipinski definition) is 0. The molecule has 1 heterocycles. The molecule has 0 aliphatic heterocycles. The highest BCUT2D eigenvalue weighted by Crippen LogP contribution is 2.36. The molecule has 0 atom stereocenters. The summed E-state index contributed by atoms with van der Waals surface area (Å²) in [6.07, 6.45) is 0. The monoisotopic (exact) mass is 394 g/mol. The Kier molecular flexibility index (Phi) is 4.18. The Bertz CT molecular complexity index is 1400. The van der Waals surface area contributed by atoms with Gasteiger partial charge in [-0.1, -0.05) is 84.9 Å². The number of rotatable bonds is 3. The lowest BCUT2D eigenvalue weighted by Crippen LogP contribution is -1.93. The number of hydrogen-bond donors (Lipinski definition) is 0. The van der Waals surface area contributed by atoms with Crippen molar-refractivity contribution in [3.8, 4) is 27.9 Å². The molecule has 1 heteroatoms. The van der Waals surface area contributed by atoms with E-state index < -0.39 is 0 Å². The normalized spacial score (nSPS) is 11.2. The summed E-state index contributed by atoms with van der Waals surface area (Å²) in [6, 6.07) is 46.1. The van der Waals surface area contributed by atoms with Crippen LogP contribution in [-0.2, 0) is 0 Å². The van der Waals surface area contributed by atoms with Gasteiger partial charge >= 0.3 is 0 Å². The molecule has 0 saturated carbocycles. The highest BCUT2D eigenvalue weighted by Gasteiger charge is 2.14. The molecule has 6 aromatic rings. The van der Waals surface area contributed by atoms with E-state index in [2.05, 4.69) is 120 Å². The average molecular weight is 394 g/mol. The van der Waals surface area contributed by atoms with Gasteiger partial charge in [0.05, 0.1) is 11.0 Å². The Morgan fingerprint density at radius 2 is 0.935 bits per heavy atom. The van der Waals surface area contributed by atoms with Crippen molar-refractivity contribution in [1.29, 1.82) is 0 Å². The quantitative estimate of drug-likeness (QED) is 0.287. The molecule has 31 heavy (non-hydrogen) atoms. The summed E-state index contributed by atoms with van der Waals surface area (Å²) in [7, 11) is 0. The molecule has 0 amide bonds. The molecular formula is C30H20N. The third kappa shape index (κ3) is 3.03. The standard InChI is InChI=1S/C30H20N/c1-4-10-22(11-5-1)24-16-18-29-27(20-24)28-21-25(23-12-6-2-7-13-23)17-19-30(28)31(29)26-14-8-3-9-15-26/h1-2,4-21H. The van der Waals surface area contributed by atoms with Gasteiger partial charge in [-0.05, 0) is 64.7 Å². The van der Waals surface area contributed by atoms with Crippen molar-refractivity contribution in [3.05, 3.63) is 127 Å². The largest absolute Gasteiger partial charge is 0.309 e.